The van der Waals surface area contributed by atoms with Gasteiger partial charge in [0.2, 0.25) is 0 Å². The van der Waals surface area contributed by atoms with E-state index in [-0.39, 0.29) is 5.97 Å². The van der Waals surface area contributed by atoms with Gasteiger partial charge in [-0.25, -0.2) is 4.79 Å². The van der Waals surface area contributed by atoms with Crippen molar-refractivity contribution in [3.05, 3.63) is 42.2 Å². The van der Waals surface area contributed by atoms with Gasteiger partial charge in [-0.1, -0.05) is 6.08 Å². The normalized spacial score (nSPS) is 10.2. The molecule has 5 heteroatoms. The lowest BCUT2D eigenvalue weighted by Crippen LogP contribution is -2.20. The summed E-state index contributed by atoms with van der Waals surface area (Å²) in [4.78, 5) is 15.4. The number of pyridine rings is 1. The zero-order chi connectivity index (χ0) is 13.9. The highest BCUT2D eigenvalue weighted by molar-refractivity contribution is 5.88. The first-order valence-electron chi connectivity index (χ1n) is 6.20. The minimum Gasteiger partial charge on any atom is -0.465 e. The van der Waals surface area contributed by atoms with Gasteiger partial charge < -0.3 is 14.8 Å². The molecular weight excluding hydrogens is 244 g/mol. The summed E-state index contributed by atoms with van der Waals surface area (Å²) in [6.07, 6.45) is 4.22. The minimum atomic E-state index is -0.373. The lowest BCUT2D eigenvalue weighted by molar-refractivity contribution is 0.0600. The monoisotopic (exact) mass is 264 g/mol. The van der Waals surface area contributed by atoms with Crippen LogP contribution in [0.25, 0.3) is 0 Å². The summed E-state index contributed by atoms with van der Waals surface area (Å²) in [5.41, 5.74) is 1.33. The summed E-state index contributed by atoms with van der Waals surface area (Å²) >= 11 is 0. The number of nitrogens with zero attached hydrogens (tertiary/aromatic N) is 1. The van der Waals surface area contributed by atoms with Gasteiger partial charge >= 0.3 is 5.97 Å². The molecule has 5 nitrogen and oxygen atoms in total. The Labute approximate surface area is 113 Å². The van der Waals surface area contributed by atoms with Crippen molar-refractivity contribution in [3.8, 4) is 0 Å². The molecular formula is C14H20N2O3. The van der Waals surface area contributed by atoms with Gasteiger partial charge in [0.25, 0.3) is 0 Å². The molecule has 1 aromatic rings. The van der Waals surface area contributed by atoms with Crippen LogP contribution in [0.15, 0.2) is 31.0 Å². The van der Waals surface area contributed by atoms with E-state index in [1.165, 1.54) is 13.3 Å². The molecule has 1 rings (SSSR count). The van der Waals surface area contributed by atoms with Crippen molar-refractivity contribution < 1.29 is 14.3 Å². The number of methoxy groups -OCH3 is 1. The summed E-state index contributed by atoms with van der Waals surface area (Å²) < 4.78 is 9.97. The molecule has 0 aliphatic heterocycles. The Bertz CT molecular complexity index is 390. The van der Waals surface area contributed by atoms with E-state index in [1.54, 1.807) is 12.1 Å². The highest BCUT2D eigenvalue weighted by Gasteiger charge is 2.04. The molecule has 1 heterocycles. The summed E-state index contributed by atoms with van der Waals surface area (Å²) in [5.74, 6) is -0.373. The molecule has 0 amide bonds. The van der Waals surface area contributed by atoms with E-state index in [0.29, 0.717) is 25.3 Å². The van der Waals surface area contributed by atoms with Gasteiger partial charge in [-0.15, -0.1) is 6.58 Å². The summed E-state index contributed by atoms with van der Waals surface area (Å²) in [6.45, 7) is 6.40. The first-order valence-corrected chi connectivity index (χ1v) is 6.20. The van der Waals surface area contributed by atoms with Crippen LogP contribution in [0.5, 0.6) is 0 Å². The van der Waals surface area contributed by atoms with Gasteiger partial charge in [0.05, 0.1) is 31.6 Å². The maximum absolute atomic E-state index is 11.2. The van der Waals surface area contributed by atoms with Gasteiger partial charge in [-0.2, -0.15) is 0 Å². The number of esters is 1. The fourth-order valence-electron chi connectivity index (χ4n) is 1.40. The van der Waals surface area contributed by atoms with Gasteiger partial charge in [0, 0.05) is 19.3 Å². The van der Waals surface area contributed by atoms with E-state index in [4.69, 9.17) is 4.74 Å². The molecule has 0 aliphatic rings. The number of hydrogen-bond acceptors (Lipinski definition) is 5. The second-order valence-corrected chi connectivity index (χ2v) is 3.90. The number of ether oxygens (including phenoxy) is 2. The van der Waals surface area contributed by atoms with Crippen LogP contribution in [0.4, 0.5) is 0 Å². The third-order valence-corrected chi connectivity index (χ3v) is 2.44. The molecule has 0 aliphatic carbocycles. The Kier molecular flexibility index (Phi) is 7.46. The van der Waals surface area contributed by atoms with Gasteiger partial charge in [-0.05, 0) is 18.6 Å². The number of carbonyl (C=O) groups is 1. The molecule has 0 atom stereocenters. The van der Waals surface area contributed by atoms with Crippen molar-refractivity contribution in [1.29, 1.82) is 0 Å². The Balaban J connectivity index is 2.19. The average Bonchev–Trinajstić information content (AvgIpc) is 2.46. The zero-order valence-corrected chi connectivity index (χ0v) is 11.2. The molecule has 0 fully saturated rings. The molecule has 0 radical (unpaired) electrons. The fraction of sp³-hybridized carbons (Fsp3) is 0.429. The highest BCUT2D eigenvalue weighted by Crippen LogP contribution is 2.01. The predicted octanol–water partition coefficient (Wildman–Crippen LogP) is 1.55. The van der Waals surface area contributed by atoms with E-state index in [9.17, 15) is 4.79 Å². The predicted molar refractivity (Wildman–Crippen MR) is 72.9 cm³/mol. The third kappa shape index (κ3) is 6.13. The Morgan fingerprint density at radius 1 is 1.47 bits per heavy atom. The summed E-state index contributed by atoms with van der Waals surface area (Å²) in [7, 11) is 1.35. The average molecular weight is 264 g/mol. The van der Waals surface area contributed by atoms with Gasteiger partial charge in [0.15, 0.2) is 0 Å². The molecule has 19 heavy (non-hydrogen) atoms. The van der Waals surface area contributed by atoms with E-state index in [2.05, 4.69) is 21.6 Å². The number of carbonyl (C=O) groups excluding carboxylic acids is 1. The molecule has 0 saturated carbocycles. The smallest absolute Gasteiger partial charge is 0.339 e. The quantitative estimate of drug-likeness (QED) is 0.416. The molecule has 0 spiro atoms. The molecule has 1 N–H and O–H groups in total. The third-order valence-electron chi connectivity index (χ3n) is 2.44. The van der Waals surface area contributed by atoms with Crippen LogP contribution in [0.3, 0.4) is 0 Å². The standard InChI is InChI=1S/C14H20N2O3/c1-3-4-8-19-9-7-15-11-13-6-5-12(10-16-13)14(17)18-2/h3,5-6,10,15H,1,4,7-9,11H2,2H3. The van der Waals surface area contributed by atoms with E-state index >= 15 is 0 Å². The van der Waals surface area contributed by atoms with Crippen molar-refractivity contribution in [1.82, 2.24) is 10.3 Å². The van der Waals surface area contributed by atoms with Gasteiger partial charge in [-0.3, -0.25) is 4.98 Å². The van der Waals surface area contributed by atoms with Crippen LogP contribution >= 0.6 is 0 Å². The first kappa shape index (κ1) is 15.3. The molecule has 0 aromatic carbocycles. The summed E-state index contributed by atoms with van der Waals surface area (Å²) in [6, 6.07) is 3.51. The highest BCUT2D eigenvalue weighted by atomic mass is 16.5. The Morgan fingerprint density at radius 2 is 2.32 bits per heavy atom. The van der Waals surface area contributed by atoms with Gasteiger partial charge in [0.1, 0.15) is 0 Å². The minimum absolute atomic E-state index is 0.373. The second kappa shape index (κ2) is 9.24. The number of aromatic nitrogens is 1. The fourth-order valence-corrected chi connectivity index (χ4v) is 1.40. The number of rotatable bonds is 9. The zero-order valence-electron chi connectivity index (χ0n) is 11.2. The van der Waals surface area contributed by atoms with Crippen LogP contribution in [0.1, 0.15) is 22.5 Å². The van der Waals surface area contributed by atoms with Crippen molar-refractivity contribution in [2.75, 3.05) is 26.9 Å². The maximum atomic E-state index is 11.2. The second-order valence-electron chi connectivity index (χ2n) is 3.90. The molecule has 104 valence electrons. The van der Waals surface area contributed by atoms with Crippen LogP contribution in [-0.2, 0) is 16.0 Å². The largest absolute Gasteiger partial charge is 0.465 e. The van der Waals surface area contributed by atoms with Crippen LogP contribution in [-0.4, -0.2) is 37.8 Å². The maximum Gasteiger partial charge on any atom is 0.339 e. The molecule has 0 unspecified atom stereocenters. The van der Waals surface area contributed by atoms with Crippen LogP contribution in [0.2, 0.25) is 0 Å². The lowest BCUT2D eigenvalue weighted by atomic mass is 10.2. The molecule has 0 saturated heterocycles. The summed E-state index contributed by atoms with van der Waals surface area (Å²) in [5, 5.41) is 3.21. The van der Waals surface area contributed by atoms with Crippen LogP contribution < -0.4 is 5.32 Å². The lowest BCUT2D eigenvalue weighted by Gasteiger charge is -2.05. The number of hydrogen-bond donors (Lipinski definition) is 1. The molecule has 0 bridgehead atoms. The Morgan fingerprint density at radius 3 is 2.95 bits per heavy atom. The number of nitrogens with one attached hydrogen (secondary N) is 1. The SMILES string of the molecule is C=CCCOCCNCc1ccc(C(=O)OC)cn1. The van der Waals surface area contributed by atoms with Crippen molar-refractivity contribution >= 4 is 5.97 Å². The topological polar surface area (TPSA) is 60.5 Å². The first-order chi connectivity index (χ1) is 9.27. The van der Waals surface area contributed by atoms with Crippen molar-refractivity contribution in [2.24, 2.45) is 0 Å². The van der Waals surface area contributed by atoms with E-state index in [0.717, 1.165) is 18.7 Å². The molecule has 1 aromatic heterocycles. The van der Waals surface area contributed by atoms with Crippen molar-refractivity contribution in [2.45, 2.75) is 13.0 Å². The van der Waals surface area contributed by atoms with E-state index in [1.807, 2.05) is 6.08 Å². The van der Waals surface area contributed by atoms with Crippen molar-refractivity contribution in [3.63, 3.8) is 0 Å². The van der Waals surface area contributed by atoms with E-state index < -0.39 is 0 Å². The Hall–Kier alpha value is -1.72. The van der Waals surface area contributed by atoms with Crippen LogP contribution in [0, 0.1) is 0 Å².